The molecule has 2 aromatic rings. The molecule has 126 valence electrons. The number of nitrogens with two attached hydrogens (primary N) is 1. The molecule has 2 atom stereocenters. The fourth-order valence-corrected chi connectivity index (χ4v) is 4.00. The van der Waals surface area contributed by atoms with Gasteiger partial charge in [-0.25, -0.2) is 0 Å². The molecule has 2 aromatic carbocycles. The molecule has 0 heterocycles. The monoisotopic (exact) mass is 322 g/mol. The van der Waals surface area contributed by atoms with Crippen molar-refractivity contribution in [1.29, 1.82) is 0 Å². The zero-order chi connectivity index (χ0) is 16.9. The number of fused-ring (bicyclic) bond motifs is 1. The summed E-state index contributed by atoms with van der Waals surface area (Å²) in [6, 6.07) is 19.3. The molecule has 24 heavy (non-hydrogen) atoms. The highest BCUT2D eigenvalue weighted by Gasteiger charge is 2.35. The van der Waals surface area contributed by atoms with Crippen LogP contribution in [0.2, 0.25) is 0 Å². The number of carbonyl (C=O) groups is 1. The summed E-state index contributed by atoms with van der Waals surface area (Å²) in [5.41, 5.74) is 9.69. The van der Waals surface area contributed by atoms with E-state index in [1.807, 2.05) is 17.9 Å². The lowest BCUT2D eigenvalue weighted by molar-refractivity contribution is -0.133. The first-order valence-electron chi connectivity index (χ1n) is 8.85. The molecule has 1 aliphatic rings. The van der Waals surface area contributed by atoms with E-state index < -0.39 is 0 Å². The molecule has 3 nitrogen and oxygen atoms in total. The summed E-state index contributed by atoms with van der Waals surface area (Å²) in [4.78, 5) is 14.4. The Labute approximate surface area is 144 Å². The van der Waals surface area contributed by atoms with Crippen LogP contribution in [-0.2, 0) is 17.6 Å². The van der Waals surface area contributed by atoms with Gasteiger partial charge in [-0.15, -0.1) is 0 Å². The van der Waals surface area contributed by atoms with E-state index in [2.05, 4.69) is 48.5 Å². The second-order valence-corrected chi connectivity index (χ2v) is 6.52. The minimum Gasteiger partial charge on any atom is -0.335 e. The summed E-state index contributed by atoms with van der Waals surface area (Å²) in [6.07, 6.45) is 3.18. The average Bonchev–Trinajstić information content (AvgIpc) is 2.64. The van der Waals surface area contributed by atoms with Gasteiger partial charge in [0.15, 0.2) is 0 Å². The molecule has 0 spiro atoms. The molecule has 1 amide bonds. The highest BCUT2D eigenvalue weighted by molar-refractivity contribution is 5.78. The summed E-state index contributed by atoms with van der Waals surface area (Å²) >= 11 is 0. The largest absolute Gasteiger partial charge is 0.335 e. The van der Waals surface area contributed by atoms with Crippen molar-refractivity contribution in [2.24, 2.45) is 11.7 Å². The van der Waals surface area contributed by atoms with Gasteiger partial charge in [-0.05, 0) is 48.8 Å². The van der Waals surface area contributed by atoms with Crippen molar-refractivity contribution in [2.45, 2.75) is 32.2 Å². The molecule has 0 saturated heterocycles. The van der Waals surface area contributed by atoms with Crippen LogP contribution >= 0.6 is 0 Å². The summed E-state index contributed by atoms with van der Waals surface area (Å²) in [5, 5.41) is 0. The Bertz CT molecular complexity index is 683. The second kappa shape index (κ2) is 7.63. The average molecular weight is 322 g/mol. The van der Waals surface area contributed by atoms with Gasteiger partial charge in [0.1, 0.15) is 0 Å². The van der Waals surface area contributed by atoms with Gasteiger partial charge in [-0.3, -0.25) is 4.79 Å². The molecule has 0 saturated carbocycles. The first-order valence-corrected chi connectivity index (χ1v) is 8.85. The lowest BCUT2D eigenvalue weighted by Gasteiger charge is -2.41. The maximum Gasteiger partial charge on any atom is 0.236 e. The number of hydrogen-bond donors (Lipinski definition) is 1. The van der Waals surface area contributed by atoms with E-state index in [9.17, 15) is 4.79 Å². The van der Waals surface area contributed by atoms with Crippen molar-refractivity contribution in [1.82, 2.24) is 4.90 Å². The van der Waals surface area contributed by atoms with Crippen LogP contribution in [0.5, 0.6) is 0 Å². The van der Waals surface area contributed by atoms with Crippen molar-refractivity contribution in [2.75, 3.05) is 13.1 Å². The smallest absolute Gasteiger partial charge is 0.236 e. The van der Waals surface area contributed by atoms with Gasteiger partial charge in [0, 0.05) is 6.54 Å². The third-order valence-corrected chi connectivity index (χ3v) is 5.12. The van der Waals surface area contributed by atoms with Crippen molar-refractivity contribution >= 4 is 5.91 Å². The number of benzene rings is 2. The Morgan fingerprint density at radius 2 is 1.83 bits per heavy atom. The normalized spacial score (nSPS) is 19.6. The topological polar surface area (TPSA) is 46.3 Å². The van der Waals surface area contributed by atoms with Crippen LogP contribution in [0.25, 0.3) is 0 Å². The van der Waals surface area contributed by atoms with E-state index in [1.54, 1.807) is 0 Å². The first kappa shape index (κ1) is 16.7. The Morgan fingerprint density at radius 3 is 2.54 bits per heavy atom. The lowest BCUT2D eigenvalue weighted by atomic mass is 9.76. The van der Waals surface area contributed by atoms with Crippen LogP contribution in [0, 0.1) is 5.92 Å². The maximum absolute atomic E-state index is 12.5. The predicted molar refractivity (Wildman–Crippen MR) is 97.6 cm³/mol. The van der Waals surface area contributed by atoms with E-state index in [1.165, 1.54) is 16.7 Å². The third kappa shape index (κ3) is 3.36. The molecule has 1 aliphatic carbocycles. The van der Waals surface area contributed by atoms with Gasteiger partial charge in [-0.1, -0.05) is 54.6 Å². The highest BCUT2D eigenvalue weighted by atomic mass is 16.2. The van der Waals surface area contributed by atoms with Crippen molar-refractivity contribution in [3.8, 4) is 0 Å². The Balaban J connectivity index is 1.96. The van der Waals surface area contributed by atoms with Crippen LogP contribution in [0.15, 0.2) is 54.6 Å². The fourth-order valence-electron chi connectivity index (χ4n) is 4.00. The number of amides is 1. The zero-order valence-corrected chi connectivity index (χ0v) is 14.3. The van der Waals surface area contributed by atoms with E-state index in [0.717, 1.165) is 19.3 Å². The quantitative estimate of drug-likeness (QED) is 0.917. The Morgan fingerprint density at radius 1 is 1.12 bits per heavy atom. The molecule has 0 aromatic heterocycles. The van der Waals surface area contributed by atoms with Gasteiger partial charge >= 0.3 is 0 Å². The number of nitrogens with zero attached hydrogens (tertiary/aromatic N) is 1. The Kier molecular flexibility index (Phi) is 5.31. The van der Waals surface area contributed by atoms with Gasteiger partial charge in [0.25, 0.3) is 0 Å². The van der Waals surface area contributed by atoms with Gasteiger partial charge in [0.2, 0.25) is 5.91 Å². The number of carbonyl (C=O) groups excluding carboxylic acids is 1. The standard InChI is InChI=1S/C21H26N2O/c1-2-23(20(24)15-22)21-18(14-16-8-4-3-5-9-16)13-12-17-10-6-7-11-19(17)21/h3-11,18,21H,2,12-15,22H2,1H3/t18-,21-/m0/s1. The third-order valence-electron chi connectivity index (χ3n) is 5.12. The number of aryl methyl sites for hydroxylation is 1. The van der Waals surface area contributed by atoms with Gasteiger partial charge in [0.05, 0.1) is 12.6 Å². The minimum absolute atomic E-state index is 0.0391. The number of likely N-dealkylation sites (N-methyl/N-ethyl adjacent to an activating group) is 1. The zero-order valence-electron chi connectivity index (χ0n) is 14.3. The molecular formula is C21H26N2O. The van der Waals surface area contributed by atoms with E-state index in [-0.39, 0.29) is 18.5 Å². The molecule has 0 fully saturated rings. The summed E-state index contributed by atoms with van der Waals surface area (Å²) in [5.74, 6) is 0.468. The Hall–Kier alpha value is -2.13. The molecule has 3 rings (SSSR count). The lowest BCUT2D eigenvalue weighted by Crippen LogP contribution is -2.43. The summed E-state index contributed by atoms with van der Waals surface area (Å²) in [6.45, 7) is 2.81. The molecule has 2 N–H and O–H groups in total. The van der Waals surface area contributed by atoms with Crippen molar-refractivity contribution in [3.05, 3.63) is 71.3 Å². The molecular weight excluding hydrogens is 296 g/mol. The maximum atomic E-state index is 12.5. The van der Waals surface area contributed by atoms with Gasteiger partial charge < -0.3 is 10.6 Å². The SMILES string of the molecule is CCN(C(=O)CN)[C@@H]1c2ccccc2CC[C@H]1Cc1ccccc1. The van der Waals surface area contributed by atoms with E-state index >= 15 is 0 Å². The summed E-state index contributed by atoms with van der Waals surface area (Å²) in [7, 11) is 0. The molecule has 0 bridgehead atoms. The molecule has 3 heteroatoms. The minimum atomic E-state index is 0.0391. The number of hydrogen-bond acceptors (Lipinski definition) is 2. The first-order chi connectivity index (χ1) is 11.7. The molecule has 0 aliphatic heterocycles. The van der Waals surface area contributed by atoms with Crippen LogP contribution in [0.4, 0.5) is 0 Å². The summed E-state index contributed by atoms with van der Waals surface area (Å²) < 4.78 is 0. The predicted octanol–water partition coefficient (Wildman–Crippen LogP) is 3.34. The van der Waals surface area contributed by atoms with E-state index in [0.29, 0.717) is 12.5 Å². The van der Waals surface area contributed by atoms with E-state index in [4.69, 9.17) is 5.73 Å². The van der Waals surface area contributed by atoms with Crippen LogP contribution < -0.4 is 5.73 Å². The van der Waals surface area contributed by atoms with Gasteiger partial charge in [-0.2, -0.15) is 0 Å². The molecule has 0 unspecified atom stereocenters. The number of rotatable bonds is 5. The van der Waals surface area contributed by atoms with Crippen LogP contribution in [0.1, 0.15) is 36.1 Å². The molecule has 0 radical (unpaired) electrons. The van der Waals surface area contributed by atoms with Crippen molar-refractivity contribution in [3.63, 3.8) is 0 Å². The second-order valence-electron chi connectivity index (χ2n) is 6.52. The van der Waals surface area contributed by atoms with Crippen molar-refractivity contribution < 1.29 is 4.79 Å². The van der Waals surface area contributed by atoms with Crippen LogP contribution in [-0.4, -0.2) is 23.9 Å². The van der Waals surface area contributed by atoms with Crippen LogP contribution in [0.3, 0.4) is 0 Å². The highest BCUT2D eigenvalue weighted by Crippen LogP contribution is 2.40. The fraction of sp³-hybridized carbons (Fsp3) is 0.381.